The predicted molar refractivity (Wildman–Crippen MR) is 81.7 cm³/mol. The molecular weight excluding hydrogens is 248 g/mol. The lowest BCUT2D eigenvalue weighted by molar-refractivity contribution is 0.305. The van der Waals surface area contributed by atoms with Gasteiger partial charge in [0.25, 0.3) is 0 Å². The number of anilines is 1. The number of nitrogens with two attached hydrogens (primary N) is 1. The molecule has 3 nitrogen and oxygen atoms in total. The predicted octanol–water partition coefficient (Wildman–Crippen LogP) is 3.70. The second-order valence-electron chi connectivity index (χ2n) is 4.77. The fourth-order valence-corrected chi connectivity index (χ4v) is 2.24. The second kappa shape index (κ2) is 5.21. The van der Waals surface area contributed by atoms with Gasteiger partial charge >= 0.3 is 0 Å². The number of aryl methyl sites for hydroxylation is 1. The van der Waals surface area contributed by atoms with E-state index in [9.17, 15) is 0 Å². The summed E-state index contributed by atoms with van der Waals surface area (Å²) in [6.45, 7) is 2.52. The van der Waals surface area contributed by atoms with Crippen LogP contribution in [0.3, 0.4) is 0 Å². The van der Waals surface area contributed by atoms with E-state index in [-0.39, 0.29) is 0 Å². The summed E-state index contributed by atoms with van der Waals surface area (Å²) >= 11 is 0. The van der Waals surface area contributed by atoms with Crippen molar-refractivity contribution in [1.82, 2.24) is 4.98 Å². The van der Waals surface area contributed by atoms with E-state index in [1.54, 1.807) is 6.20 Å². The van der Waals surface area contributed by atoms with Crippen molar-refractivity contribution in [3.8, 4) is 5.75 Å². The highest BCUT2D eigenvalue weighted by atomic mass is 16.5. The molecular formula is C17H16N2O. The van der Waals surface area contributed by atoms with Gasteiger partial charge in [0, 0.05) is 22.8 Å². The zero-order valence-electron chi connectivity index (χ0n) is 11.3. The Hall–Kier alpha value is -2.55. The number of fused-ring (bicyclic) bond motifs is 1. The molecule has 0 saturated carbocycles. The molecule has 0 unspecified atom stereocenters. The quantitative estimate of drug-likeness (QED) is 0.734. The first-order chi connectivity index (χ1) is 9.75. The highest BCUT2D eigenvalue weighted by Gasteiger charge is 2.06. The lowest BCUT2D eigenvalue weighted by Crippen LogP contribution is -2.00. The van der Waals surface area contributed by atoms with Gasteiger partial charge in [0.15, 0.2) is 0 Å². The van der Waals surface area contributed by atoms with Crippen molar-refractivity contribution in [1.29, 1.82) is 0 Å². The SMILES string of the molecule is Cc1ccccc1OCc1ccc(N)c2cccnc12. The van der Waals surface area contributed by atoms with Crippen LogP contribution in [0.25, 0.3) is 10.9 Å². The first-order valence-corrected chi connectivity index (χ1v) is 6.56. The molecule has 0 fully saturated rings. The number of benzene rings is 2. The van der Waals surface area contributed by atoms with Crippen molar-refractivity contribution in [2.24, 2.45) is 0 Å². The van der Waals surface area contributed by atoms with Gasteiger partial charge in [-0.15, -0.1) is 0 Å². The molecule has 3 heteroatoms. The van der Waals surface area contributed by atoms with Gasteiger partial charge in [-0.2, -0.15) is 0 Å². The third-order valence-electron chi connectivity index (χ3n) is 3.36. The minimum atomic E-state index is 0.485. The fraction of sp³-hybridized carbons (Fsp3) is 0.118. The lowest BCUT2D eigenvalue weighted by Gasteiger charge is -2.11. The van der Waals surface area contributed by atoms with Crippen molar-refractivity contribution in [2.75, 3.05) is 5.73 Å². The van der Waals surface area contributed by atoms with Crippen LogP contribution >= 0.6 is 0 Å². The third-order valence-corrected chi connectivity index (χ3v) is 3.36. The Labute approximate surface area is 118 Å². The molecule has 0 amide bonds. The van der Waals surface area contributed by atoms with E-state index in [1.165, 1.54) is 0 Å². The smallest absolute Gasteiger partial charge is 0.122 e. The number of nitrogens with zero attached hydrogens (tertiary/aromatic N) is 1. The van der Waals surface area contributed by atoms with E-state index in [0.717, 1.165) is 33.5 Å². The molecule has 0 spiro atoms. The zero-order chi connectivity index (χ0) is 13.9. The van der Waals surface area contributed by atoms with Gasteiger partial charge in [0.1, 0.15) is 12.4 Å². The van der Waals surface area contributed by atoms with Crippen LogP contribution in [0, 0.1) is 6.92 Å². The summed E-state index contributed by atoms with van der Waals surface area (Å²) in [6, 6.07) is 15.7. The molecule has 0 saturated heterocycles. The lowest BCUT2D eigenvalue weighted by atomic mass is 10.1. The van der Waals surface area contributed by atoms with Gasteiger partial charge in [-0.25, -0.2) is 0 Å². The number of nitrogen functional groups attached to an aromatic ring is 1. The average Bonchev–Trinajstić information content (AvgIpc) is 2.48. The van der Waals surface area contributed by atoms with Gasteiger partial charge in [-0.05, 0) is 36.8 Å². The molecule has 0 atom stereocenters. The summed E-state index contributed by atoms with van der Waals surface area (Å²) in [7, 11) is 0. The number of hydrogen-bond donors (Lipinski definition) is 1. The van der Waals surface area contributed by atoms with E-state index in [4.69, 9.17) is 10.5 Å². The first kappa shape index (κ1) is 12.5. The zero-order valence-corrected chi connectivity index (χ0v) is 11.3. The van der Waals surface area contributed by atoms with E-state index in [0.29, 0.717) is 6.61 Å². The monoisotopic (exact) mass is 264 g/mol. The highest BCUT2D eigenvalue weighted by Crippen LogP contribution is 2.24. The van der Waals surface area contributed by atoms with E-state index < -0.39 is 0 Å². The Balaban J connectivity index is 1.92. The molecule has 3 rings (SSSR count). The summed E-state index contributed by atoms with van der Waals surface area (Å²) in [5.41, 5.74) is 9.79. The number of ether oxygens (including phenoxy) is 1. The second-order valence-corrected chi connectivity index (χ2v) is 4.77. The number of hydrogen-bond acceptors (Lipinski definition) is 3. The maximum Gasteiger partial charge on any atom is 0.122 e. The molecule has 100 valence electrons. The number of pyridine rings is 1. The van der Waals surface area contributed by atoms with Crippen molar-refractivity contribution in [3.05, 3.63) is 65.9 Å². The number of aromatic nitrogens is 1. The van der Waals surface area contributed by atoms with Crippen LogP contribution in [0.15, 0.2) is 54.7 Å². The molecule has 3 aromatic rings. The molecule has 0 bridgehead atoms. The molecule has 2 aromatic carbocycles. The Morgan fingerprint density at radius 1 is 1.05 bits per heavy atom. The Morgan fingerprint density at radius 2 is 1.90 bits per heavy atom. The minimum Gasteiger partial charge on any atom is -0.489 e. The van der Waals surface area contributed by atoms with Crippen molar-refractivity contribution in [3.63, 3.8) is 0 Å². The van der Waals surface area contributed by atoms with Crippen LogP contribution in [0.1, 0.15) is 11.1 Å². The number of rotatable bonds is 3. The normalized spacial score (nSPS) is 10.7. The van der Waals surface area contributed by atoms with Crippen molar-refractivity contribution < 1.29 is 4.74 Å². The molecule has 2 N–H and O–H groups in total. The minimum absolute atomic E-state index is 0.485. The first-order valence-electron chi connectivity index (χ1n) is 6.56. The largest absolute Gasteiger partial charge is 0.489 e. The van der Waals surface area contributed by atoms with E-state index >= 15 is 0 Å². The summed E-state index contributed by atoms with van der Waals surface area (Å²) in [6.07, 6.45) is 1.78. The number of para-hydroxylation sites is 1. The summed E-state index contributed by atoms with van der Waals surface area (Å²) in [4.78, 5) is 4.42. The van der Waals surface area contributed by atoms with Crippen LogP contribution in [0.5, 0.6) is 5.75 Å². The van der Waals surface area contributed by atoms with E-state index in [2.05, 4.69) is 4.98 Å². The van der Waals surface area contributed by atoms with Crippen molar-refractivity contribution in [2.45, 2.75) is 13.5 Å². The van der Waals surface area contributed by atoms with Gasteiger partial charge in [-0.3, -0.25) is 4.98 Å². The fourth-order valence-electron chi connectivity index (χ4n) is 2.24. The van der Waals surface area contributed by atoms with Gasteiger partial charge in [0.05, 0.1) is 5.52 Å². The molecule has 1 aromatic heterocycles. The van der Waals surface area contributed by atoms with Crippen LogP contribution < -0.4 is 10.5 Å². The molecule has 1 heterocycles. The molecule has 20 heavy (non-hydrogen) atoms. The molecule has 0 aliphatic rings. The Kier molecular flexibility index (Phi) is 3.25. The van der Waals surface area contributed by atoms with Gasteiger partial charge in [0.2, 0.25) is 0 Å². The van der Waals surface area contributed by atoms with Crippen LogP contribution in [-0.2, 0) is 6.61 Å². The van der Waals surface area contributed by atoms with Crippen LogP contribution in [0.2, 0.25) is 0 Å². The summed E-state index contributed by atoms with van der Waals surface area (Å²) in [5, 5.41) is 0.971. The standard InChI is InChI=1S/C17H16N2O/c1-12-5-2-3-7-16(12)20-11-13-8-9-15(18)14-6-4-10-19-17(13)14/h2-10H,11,18H2,1H3. The van der Waals surface area contributed by atoms with Crippen LogP contribution in [-0.4, -0.2) is 4.98 Å². The van der Waals surface area contributed by atoms with Crippen LogP contribution in [0.4, 0.5) is 5.69 Å². The molecule has 0 aliphatic heterocycles. The Bertz CT molecular complexity index is 753. The molecule has 0 radical (unpaired) electrons. The van der Waals surface area contributed by atoms with E-state index in [1.807, 2.05) is 55.5 Å². The molecule has 0 aliphatic carbocycles. The average molecular weight is 264 g/mol. The van der Waals surface area contributed by atoms with Gasteiger partial charge < -0.3 is 10.5 Å². The van der Waals surface area contributed by atoms with Crippen molar-refractivity contribution >= 4 is 16.6 Å². The highest BCUT2D eigenvalue weighted by molar-refractivity contribution is 5.92. The summed E-state index contributed by atoms with van der Waals surface area (Å²) < 4.78 is 5.89. The maximum atomic E-state index is 5.98. The maximum absolute atomic E-state index is 5.98. The Morgan fingerprint density at radius 3 is 2.75 bits per heavy atom. The topological polar surface area (TPSA) is 48.1 Å². The third kappa shape index (κ3) is 2.30. The summed E-state index contributed by atoms with van der Waals surface area (Å²) in [5.74, 6) is 0.897. The van der Waals surface area contributed by atoms with Gasteiger partial charge in [-0.1, -0.05) is 24.3 Å².